The molecule has 4 aliphatic rings. The lowest BCUT2D eigenvalue weighted by molar-refractivity contribution is -0.154. The molecule has 3 fully saturated rings. The largest absolute Gasteiger partial charge is 0.469 e. The Morgan fingerprint density at radius 1 is 1.24 bits per heavy atom. The van der Waals surface area contributed by atoms with Crippen molar-refractivity contribution in [2.75, 3.05) is 7.11 Å². The number of methoxy groups -OCH3 is 1. The molecule has 0 N–H and O–H groups in total. The lowest BCUT2D eigenvalue weighted by Gasteiger charge is -2.56. The summed E-state index contributed by atoms with van der Waals surface area (Å²) in [6.07, 6.45) is 11.4. The minimum absolute atomic E-state index is 0.0123. The molecule has 3 nitrogen and oxygen atoms in total. The highest BCUT2D eigenvalue weighted by Crippen LogP contribution is 2.67. The van der Waals surface area contributed by atoms with Gasteiger partial charge in [0.1, 0.15) is 0 Å². The van der Waals surface area contributed by atoms with Gasteiger partial charge < -0.3 is 4.74 Å². The average molecular weight is 342 g/mol. The van der Waals surface area contributed by atoms with Crippen LogP contribution in [0.2, 0.25) is 0 Å². The number of esters is 1. The highest BCUT2D eigenvalue weighted by atomic mass is 16.5. The molecule has 0 aromatic rings. The maximum atomic E-state index is 12.5. The van der Waals surface area contributed by atoms with Crippen molar-refractivity contribution in [3.63, 3.8) is 0 Å². The van der Waals surface area contributed by atoms with Gasteiger partial charge in [0.15, 0.2) is 5.78 Å². The van der Waals surface area contributed by atoms with Gasteiger partial charge in [0.2, 0.25) is 0 Å². The Balaban J connectivity index is 1.68. The summed E-state index contributed by atoms with van der Waals surface area (Å²) >= 11 is 0. The third-order valence-corrected chi connectivity index (χ3v) is 8.35. The van der Waals surface area contributed by atoms with Crippen molar-refractivity contribution >= 4 is 11.8 Å². The van der Waals surface area contributed by atoms with Gasteiger partial charge in [-0.15, -0.1) is 0 Å². The van der Waals surface area contributed by atoms with E-state index in [4.69, 9.17) is 4.74 Å². The van der Waals surface area contributed by atoms with Gasteiger partial charge in [0.05, 0.1) is 13.0 Å². The van der Waals surface area contributed by atoms with Gasteiger partial charge in [-0.3, -0.25) is 9.59 Å². The Kier molecular flexibility index (Phi) is 3.79. The molecular weight excluding hydrogens is 312 g/mol. The van der Waals surface area contributed by atoms with E-state index in [1.165, 1.54) is 12.7 Å². The van der Waals surface area contributed by atoms with Crippen LogP contribution in [0.25, 0.3) is 0 Å². The van der Waals surface area contributed by atoms with Gasteiger partial charge in [-0.1, -0.05) is 32.4 Å². The molecule has 3 heteroatoms. The molecule has 25 heavy (non-hydrogen) atoms. The molecule has 0 aromatic carbocycles. The van der Waals surface area contributed by atoms with Gasteiger partial charge in [-0.25, -0.2) is 0 Å². The third-order valence-electron chi connectivity index (χ3n) is 8.35. The summed E-state index contributed by atoms with van der Waals surface area (Å²) in [5, 5.41) is 0. The van der Waals surface area contributed by atoms with Crippen LogP contribution in [0.5, 0.6) is 0 Å². The number of fused-ring (bicyclic) bond motifs is 5. The molecule has 0 spiro atoms. The quantitative estimate of drug-likeness (QED) is 0.666. The van der Waals surface area contributed by atoms with Crippen LogP contribution in [0, 0.1) is 40.4 Å². The number of ketones is 1. The first-order chi connectivity index (χ1) is 11.8. The predicted molar refractivity (Wildman–Crippen MR) is 96.7 cm³/mol. The van der Waals surface area contributed by atoms with Crippen LogP contribution in [0.4, 0.5) is 0 Å². The fourth-order valence-electron chi connectivity index (χ4n) is 7.19. The van der Waals surface area contributed by atoms with Crippen molar-refractivity contribution in [2.45, 2.75) is 52.9 Å². The Hall–Kier alpha value is -1.38. The van der Waals surface area contributed by atoms with Gasteiger partial charge in [0.25, 0.3) is 0 Å². The molecule has 136 valence electrons. The van der Waals surface area contributed by atoms with E-state index in [-0.39, 0.29) is 28.5 Å². The lowest BCUT2D eigenvalue weighted by atomic mass is 9.48. The van der Waals surface area contributed by atoms with Crippen LogP contribution in [-0.4, -0.2) is 18.9 Å². The van der Waals surface area contributed by atoms with E-state index in [1.54, 1.807) is 6.08 Å². The average Bonchev–Trinajstić information content (AvgIpc) is 2.85. The van der Waals surface area contributed by atoms with E-state index in [0.29, 0.717) is 23.7 Å². The molecule has 0 radical (unpaired) electrons. The molecule has 0 unspecified atom stereocenters. The standard InChI is InChI=1S/C22H30O3/c1-13-11-18-16-6-5-14-12-15(23)7-9-21(14,2)17(16)8-10-22(18,3)19(13)20(24)25-4/h7,9,12-13,16-19H,5-6,8,10-11H2,1-4H3/t13-,16-,17+,18+,19-,21+,22+/m1/s1. The van der Waals surface area contributed by atoms with Gasteiger partial charge in [-0.2, -0.15) is 0 Å². The topological polar surface area (TPSA) is 43.4 Å². The zero-order valence-corrected chi connectivity index (χ0v) is 15.9. The second-order valence-corrected chi connectivity index (χ2v) is 9.36. The monoisotopic (exact) mass is 342 g/mol. The van der Waals surface area contributed by atoms with Gasteiger partial charge in [0, 0.05) is 5.41 Å². The summed E-state index contributed by atoms with van der Waals surface area (Å²) in [4.78, 5) is 24.3. The van der Waals surface area contributed by atoms with Crippen LogP contribution < -0.4 is 0 Å². The van der Waals surface area contributed by atoms with E-state index in [0.717, 1.165) is 32.1 Å². The van der Waals surface area contributed by atoms with Gasteiger partial charge >= 0.3 is 5.97 Å². The van der Waals surface area contributed by atoms with Crippen LogP contribution in [0.3, 0.4) is 0 Å². The molecule has 0 aliphatic heterocycles. The molecular formula is C22H30O3. The Labute approximate surface area is 150 Å². The van der Waals surface area contributed by atoms with E-state index in [2.05, 4.69) is 26.8 Å². The summed E-state index contributed by atoms with van der Waals surface area (Å²) in [6.45, 7) is 6.90. The van der Waals surface area contributed by atoms with Crippen molar-refractivity contribution in [1.82, 2.24) is 0 Å². The van der Waals surface area contributed by atoms with Gasteiger partial charge in [-0.05, 0) is 73.3 Å². The molecule has 7 atom stereocenters. The van der Waals surface area contributed by atoms with Crippen molar-refractivity contribution in [3.8, 4) is 0 Å². The second kappa shape index (κ2) is 5.56. The van der Waals surface area contributed by atoms with Crippen LogP contribution in [0.15, 0.2) is 23.8 Å². The maximum Gasteiger partial charge on any atom is 0.309 e. The summed E-state index contributed by atoms with van der Waals surface area (Å²) < 4.78 is 5.18. The molecule has 0 bridgehead atoms. The normalized spacial score (nSPS) is 48.2. The molecule has 3 saturated carbocycles. The molecule has 0 amide bonds. The van der Waals surface area contributed by atoms with Crippen molar-refractivity contribution in [1.29, 1.82) is 0 Å². The molecule has 0 heterocycles. The van der Waals surface area contributed by atoms with Crippen LogP contribution in [0.1, 0.15) is 52.9 Å². The smallest absolute Gasteiger partial charge is 0.309 e. The number of allylic oxidation sites excluding steroid dienone is 4. The summed E-state index contributed by atoms with van der Waals surface area (Å²) in [5.41, 5.74) is 1.44. The minimum Gasteiger partial charge on any atom is -0.469 e. The van der Waals surface area contributed by atoms with E-state index < -0.39 is 0 Å². The Morgan fingerprint density at radius 2 is 2.00 bits per heavy atom. The first kappa shape index (κ1) is 17.1. The van der Waals surface area contributed by atoms with E-state index in [1.807, 2.05) is 6.08 Å². The highest BCUT2D eigenvalue weighted by Gasteiger charge is 2.62. The maximum absolute atomic E-state index is 12.5. The fourth-order valence-corrected chi connectivity index (χ4v) is 7.19. The zero-order chi connectivity index (χ0) is 18.0. The van der Waals surface area contributed by atoms with E-state index in [9.17, 15) is 9.59 Å². The molecule has 0 aromatic heterocycles. The number of hydrogen-bond donors (Lipinski definition) is 0. The first-order valence-electron chi connectivity index (χ1n) is 9.83. The zero-order valence-electron chi connectivity index (χ0n) is 15.9. The minimum atomic E-state index is -0.0123. The first-order valence-corrected chi connectivity index (χ1v) is 9.83. The highest BCUT2D eigenvalue weighted by molar-refractivity contribution is 6.01. The number of hydrogen-bond acceptors (Lipinski definition) is 3. The van der Waals surface area contributed by atoms with Crippen molar-refractivity contribution in [2.24, 2.45) is 40.4 Å². The Morgan fingerprint density at radius 3 is 2.72 bits per heavy atom. The number of rotatable bonds is 1. The fraction of sp³-hybridized carbons (Fsp3) is 0.727. The second-order valence-electron chi connectivity index (χ2n) is 9.36. The van der Waals surface area contributed by atoms with Crippen molar-refractivity contribution in [3.05, 3.63) is 23.8 Å². The van der Waals surface area contributed by atoms with Crippen LogP contribution >= 0.6 is 0 Å². The van der Waals surface area contributed by atoms with E-state index >= 15 is 0 Å². The SMILES string of the molecule is COC(=O)[C@H]1[C@H](C)C[C@H]2[C@@H]3CCC4=CC(=O)C=C[C@]4(C)[C@H]3CC[C@@]21C. The molecule has 4 aliphatic carbocycles. The lowest BCUT2D eigenvalue weighted by Crippen LogP contribution is -2.50. The van der Waals surface area contributed by atoms with Crippen LogP contribution in [-0.2, 0) is 14.3 Å². The summed E-state index contributed by atoms with van der Waals surface area (Å²) in [7, 11) is 1.53. The summed E-state index contributed by atoms with van der Waals surface area (Å²) in [5.74, 6) is 2.41. The molecule has 4 rings (SSSR count). The number of ether oxygens (including phenoxy) is 1. The predicted octanol–water partition coefficient (Wildman–Crippen LogP) is 4.33. The number of carbonyl (C=O) groups excluding carboxylic acids is 2. The summed E-state index contributed by atoms with van der Waals surface area (Å²) in [6, 6.07) is 0. The third kappa shape index (κ3) is 2.23. The molecule has 0 saturated heterocycles. The Bertz CT molecular complexity index is 675. The number of carbonyl (C=O) groups is 2. The van der Waals surface area contributed by atoms with Crippen molar-refractivity contribution < 1.29 is 14.3 Å².